The summed E-state index contributed by atoms with van der Waals surface area (Å²) in [6, 6.07) is 8.53. The minimum absolute atomic E-state index is 0.0714. The van der Waals surface area contributed by atoms with Crippen molar-refractivity contribution in [3.05, 3.63) is 94.7 Å². The van der Waals surface area contributed by atoms with E-state index in [-0.39, 0.29) is 17.8 Å². The Morgan fingerprint density at radius 2 is 1.74 bits per heavy atom. The third-order valence-corrected chi connectivity index (χ3v) is 4.91. The zero-order valence-electron chi connectivity index (χ0n) is 16.5. The smallest absolute Gasteiger partial charge is 0.294 e. The summed E-state index contributed by atoms with van der Waals surface area (Å²) in [5.41, 5.74) is 0.142. The molecular weight excluding hydrogens is 412 g/mol. The second-order valence-electron chi connectivity index (χ2n) is 7.06. The van der Waals surface area contributed by atoms with Crippen LogP contribution in [0.15, 0.2) is 72.0 Å². The fourth-order valence-corrected chi connectivity index (χ4v) is 3.31. The number of aromatic nitrogens is 4. The zero-order chi connectivity index (χ0) is 22.2. The summed E-state index contributed by atoms with van der Waals surface area (Å²) in [4.78, 5) is 12.9. The van der Waals surface area contributed by atoms with Gasteiger partial charge in [0.25, 0.3) is 0 Å². The predicted octanol–water partition coefficient (Wildman–Crippen LogP) is 4.73. The zero-order valence-corrected chi connectivity index (χ0v) is 16.5. The van der Waals surface area contributed by atoms with E-state index in [0.29, 0.717) is 12.1 Å². The van der Waals surface area contributed by atoms with Crippen LogP contribution in [0.3, 0.4) is 0 Å². The second-order valence-corrected chi connectivity index (χ2v) is 7.06. The number of aryl methyl sites for hydroxylation is 1. The normalized spacial score (nSPS) is 11.8. The molecule has 0 aliphatic carbocycles. The number of rotatable bonds is 5. The minimum Gasteiger partial charge on any atom is -0.294 e. The predicted molar refractivity (Wildman–Crippen MR) is 107 cm³/mol. The number of halogens is 4. The highest BCUT2D eigenvalue weighted by atomic mass is 19.4. The molecule has 0 N–H and O–H groups in total. The molecule has 0 amide bonds. The van der Waals surface area contributed by atoms with Crippen molar-refractivity contribution in [1.29, 1.82) is 0 Å². The molecule has 5 nitrogen and oxygen atoms in total. The van der Waals surface area contributed by atoms with Crippen molar-refractivity contribution < 1.29 is 17.6 Å². The lowest BCUT2D eigenvalue weighted by Gasteiger charge is -2.13. The van der Waals surface area contributed by atoms with Crippen molar-refractivity contribution in [2.75, 3.05) is 0 Å². The van der Waals surface area contributed by atoms with Crippen molar-refractivity contribution in [3.8, 4) is 16.8 Å². The van der Waals surface area contributed by atoms with E-state index in [0.717, 1.165) is 22.3 Å². The first-order valence-electron chi connectivity index (χ1n) is 9.52. The Kier molecular flexibility index (Phi) is 5.26. The Bertz CT molecular complexity index is 1270. The van der Waals surface area contributed by atoms with Gasteiger partial charge in [0.1, 0.15) is 5.82 Å². The monoisotopic (exact) mass is 430 g/mol. The van der Waals surface area contributed by atoms with E-state index >= 15 is 0 Å². The van der Waals surface area contributed by atoms with Gasteiger partial charge in [-0.2, -0.15) is 18.3 Å². The highest BCUT2D eigenvalue weighted by Crippen LogP contribution is 2.34. The van der Waals surface area contributed by atoms with Gasteiger partial charge in [-0.25, -0.2) is 9.18 Å². The SMILES string of the molecule is CCn1cc(Cn2ccn(-c3cc(-c4ccc(F)cc4)cc(C(F)(F)F)c3)c2=O)cn1. The van der Waals surface area contributed by atoms with Crippen LogP contribution in [0, 0.1) is 5.82 Å². The molecule has 2 heterocycles. The Morgan fingerprint density at radius 3 is 2.39 bits per heavy atom. The Labute approximate surface area is 174 Å². The third kappa shape index (κ3) is 4.30. The molecule has 0 aliphatic heterocycles. The van der Waals surface area contributed by atoms with Gasteiger partial charge in [0, 0.05) is 30.7 Å². The number of imidazole rings is 1. The molecule has 0 saturated heterocycles. The maximum absolute atomic E-state index is 13.5. The summed E-state index contributed by atoms with van der Waals surface area (Å²) in [7, 11) is 0. The Balaban J connectivity index is 1.76. The van der Waals surface area contributed by atoms with Crippen LogP contribution in [0.25, 0.3) is 16.8 Å². The highest BCUT2D eigenvalue weighted by Gasteiger charge is 2.31. The molecule has 0 saturated carbocycles. The van der Waals surface area contributed by atoms with Crippen LogP contribution in [-0.4, -0.2) is 18.9 Å². The number of hydrogen-bond acceptors (Lipinski definition) is 2. The molecule has 2 aromatic carbocycles. The van der Waals surface area contributed by atoms with E-state index in [1.807, 2.05) is 6.92 Å². The molecule has 0 spiro atoms. The standard InChI is InChI=1S/C22H18F4N4O/c1-2-29-14-15(12-27-29)13-28-7-8-30(21(28)31)20-10-17(9-18(11-20)22(24,25)26)16-3-5-19(23)6-4-16/h3-12,14H,2,13H2,1H3. The van der Waals surface area contributed by atoms with Crippen LogP contribution in [0.4, 0.5) is 17.6 Å². The Hall–Kier alpha value is -3.62. The largest absolute Gasteiger partial charge is 0.416 e. The summed E-state index contributed by atoms with van der Waals surface area (Å²) in [6.07, 6.45) is 1.79. The van der Waals surface area contributed by atoms with Crippen LogP contribution < -0.4 is 5.69 Å². The summed E-state index contributed by atoms with van der Waals surface area (Å²) < 4.78 is 58.1. The first-order chi connectivity index (χ1) is 14.7. The number of benzene rings is 2. The average molecular weight is 430 g/mol. The summed E-state index contributed by atoms with van der Waals surface area (Å²) in [5.74, 6) is -0.490. The maximum atomic E-state index is 13.5. The van der Waals surface area contributed by atoms with Gasteiger partial charge in [0.15, 0.2) is 0 Å². The summed E-state index contributed by atoms with van der Waals surface area (Å²) >= 11 is 0. The fourth-order valence-electron chi connectivity index (χ4n) is 3.31. The summed E-state index contributed by atoms with van der Waals surface area (Å²) in [5, 5.41) is 4.16. The molecule has 0 atom stereocenters. The molecule has 0 aliphatic rings. The molecule has 4 aromatic rings. The number of nitrogens with zero attached hydrogens (tertiary/aromatic N) is 4. The topological polar surface area (TPSA) is 44.8 Å². The molecule has 0 fully saturated rings. The second kappa shape index (κ2) is 7.90. The molecule has 0 unspecified atom stereocenters. The lowest BCUT2D eigenvalue weighted by atomic mass is 10.0. The highest BCUT2D eigenvalue weighted by molar-refractivity contribution is 5.67. The quantitative estimate of drug-likeness (QED) is 0.430. The van der Waals surface area contributed by atoms with Gasteiger partial charge >= 0.3 is 11.9 Å². The van der Waals surface area contributed by atoms with Gasteiger partial charge in [0.2, 0.25) is 0 Å². The van der Waals surface area contributed by atoms with Crippen molar-refractivity contribution in [3.63, 3.8) is 0 Å². The van der Waals surface area contributed by atoms with Gasteiger partial charge in [0.05, 0.1) is 24.0 Å². The molecule has 0 radical (unpaired) electrons. The van der Waals surface area contributed by atoms with Crippen molar-refractivity contribution in [2.45, 2.75) is 26.2 Å². The van der Waals surface area contributed by atoms with Gasteiger partial charge in [-0.15, -0.1) is 0 Å². The van der Waals surface area contributed by atoms with Gasteiger partial charge < -0.3 is 0 Å². The van der Waals surface area contributed by atoms with Gasteiger partial charge in [-0.1, -0.05) is 12.1 Å². The van der Waals surface area contributed by atoms with E-state index in [2.05, 4.69) is 5.10 Å². The minimum atomic E-state index is -4.61. The lowest BCUT2D eigenvalue weighted by Crippen LogP contribution is -2.23. The first kappa shape index (κ1) is 20.6. The molecule has 31 heavy (non-hydrogen) atoms. The number of hydrogen-bond donors (Lipinski definition) is 0. The number of alkyl halides is 3. The molecule has 160 valence electrons. The average Bonchev–Trinajstić information content (AvgIpc) is 3.34. The fraction of sp³-hybridized carbons (Fsp3) is 0.182. The molecule has 0 bridgehead atoms. The van der Waals surface area contributed by atoms with E-state index in [1.165, 1.54) is 47.3 Å². The van der Waals surface area contributed by atoms with Crippen molar-refractivity contribution in [2.24, 2.45) is 0 Å². The van der Waals surface area contributed by atoms with Crippen LogP contribution in [0.1, 0.15) is 18.1 Å². The van der Waals surface area contributed by atoms with Crippen molar-refractivity contribution >= 4 is 0 Å². The molecule has 9 heteroatoms. The Morgan fingerprint density at radius 1 is 1.00 bits per heavy atom. The van der Waals surface area contributed by atoms with E-state index in [9.17, 15) is 22.4 Å². The van der Waals surface area contributed by atoms with Crippen LogP contribution in [-0.2, 0) is 19.3 Å². The lowest BCUT2D eigenvalue weighted by molar-refractivity contribution is -0.137. The maximum Gasteiger partial charge on any atom is 0.416 e. The van der Waals surface area contributed by atoms with Crippen LogP contribution in [0.5, 0.6) is 0 Å². The van der Waals surface area contributed by atoms with E-state index < -0.39 is 23.2 Å². The molecule has 2 aromatic heterocycles. The van der Waals surface area contributed by atoms with Crippen molar-refractivity contribution in [1.82, 2.24) is 18.9 Å². The summed E-state index contributed by atoms with van der Waals surface area (Å²) in [6.45, 7) is 2.87. The molecular formula is C22H18F4N4O. The third-order valence-electron chi connectivity index (χ3n) is 4.91. The van der Waals surface area contributed by atoms with Gasteiger partial charge in [-0.3, -0.25) is 13.8 Å². The first-order valence-corrected chi connectivity index (χ1v) is 9.52. The molecule has 4 rings (SSSR count). The van der Waals surface area contributed by atoms with Crippen LogP contribution >= 0.6 is 0 Å². The van der Waals surface area contributed by atoms with Gasteiger partial charge in [-0.05, 0) is 48.4 Å². The van der Waals surface area contributed by atoms with E-state index in [4.69, 9.17) is 0 Å². The van der Waals surface area contributed by atoms with E-state index in [1.54, 1.807) is 17.1 Å². The van der Waals surface area contributed by atoms with Crippen LogP contribution in [0.2, 0.25) is 0 Å².